The monoisotopic (exact) mass is 346 g/mol. The number of rotatable bonds is 6. The topological polar surface area (TPSA) is 94.1 Å². The maximum Gasteiger partial charge on any atom is 0.345 e. The minimum Gasteiger partial charge on any atom is -0.356 e. The Hall–Kier alpha value is -2.58. The molecule has 1 aliphatic rings. The summed E-state index contributed by atoms with van der Waals surface area (Å²) in [5, 5.41) is 15.1. The maximum atomic E-state index is 12.3. The second-order valence-electron chi connectivity index (χ2n) is 6.18. The van der Waals surface area contributed by atoms with Crippen molar-refractivity contribution in [3.63, 3.8) is 0 Å². The molecule has 3 rings (SSSR count). The molecule has 9 heteroatoms. The smallest absolute Gasteiger partial charge is 0.345 e. The number of fused-ring (bicyclic) bond motifs is 1. The molecule has 0 fully saturated rings. The fraction of sp³-hybridized carbons (Fsp3) is 0.625. The molecule has 0 unspecified atom stereocenters. The number of nitrogens with zero attached hydrogens (tertiary/aromatic N) is 6. The van der Waals surface area contributed by atoms with E-state index in [1.807, 2.05) is 22.4 Å². The Kier molecular flexibility index (Phi) is 5.52. The van der Waals surface area contributed by atoms with E-state index in [-0.39, 0.29) is 5.69 Å². The number of aliphatic imine (C=N–C) groups is 1. The zero-order chi connectivity index (χ0) is 17.6. The van der Waals surface area contributed by atoms with Gasteiger partial charge in [0.25, 0.3) is 0 Å². The standard InChI is InChI=1S/C16H26N8O/c1-17-15(19-12-13-7-9-20-22(13)2)18-8-5-11-24-16(25)23-10-4-3-6-14(23)21-24/h7,9H,3-6,8,10-12H2,1-2H3,(H2,17,18,19). The summed E-state index contributed by atoms with van der Waals surface area (Å²) < 4.78 is 5.23. The molecule has 0 aliphatic carbocycles. The first-order valence-corrected chi connectivity index (χ1v) is 8.77. The lowest BCUT2D eigenvalue weighted by atomic mass is 10.2. The normalized spacial score (nSPS) is 14.4. The Balaban J connectivity index is 1.44. The molecule has 9 nitrogen and oxygen atoms in total. The van der Waals surface area contributed by atoms with E-state index < -0.39 is 0 Å². The predicted molar refractivity (Wildman–Crippen MR) is 95.5 cm³/mol. The molecule has 2 N–H and O–H groups in total. The van der Waals surface area contributed by atoms with E-state index in [4.69, 9.17) is 0 Å². The van der Waals surface area contributed by atoms with E-state index in [9.17, 15) is 4.79 Å². The van der Waals surface area contributed by atoms with Crippen LogP contribution in [0.15, 0.2) is 22.1 Å². The molecule has 2 aromatic heterocycles. The first-order valence-electron chi connectivity index (χ1n) is 8.77. The van der Waals surface area contributed by atoms with E-state index in [0.717, 1.165) is 56.3 Å². The van der Waals surface area contributed by atoms with E-state index >= 15 is 0 Å². The van der Waals surface area contributed by atoms with Crippen LogP contribution in [0, 0.1) is 0 Å². The van der Waals surface area contributed by atoms with Crippen molar-refractivity contribution >= 4 is 5.96 Å². The Labute approximate surface area is 146 Å². The molecule has 3 heterocycles. The SMILES string of the molecule is CN=C(NCCCn1nc2n(c1=O)CCCC2)NCc1ccnn1C. The highest BCUT2D eigenvalue weighted by atomic mass is 16.2. The molecule has 0 spiro atoms. The molecule has 0 saturated carbocycles. The van der Waals surface area contributed by atoms with E-state index in [1.54, 1.807) is 17.9 Å². The third kappa shape index (κ3) is 4.09. The van der Waals surface area contributed by atoms with E-state index in [0.29, 0.717) is 13.1 Å². The number of hydrogen-bond donors (Lipinski definition) is 2. The lowest BCUT2D eigenvalue weighted by Crippen LogP contribution is -2.38. The molecule has 136 valence electrons. The highest BCUT2D eigenvalue weighted by molar-refractivity contribution is 5.79. The van der Waals surface area contributed by atoms with Crippen LogP contribution in [0.3, 0.4) is 0 Å². The van der Waals surface area contributed by atoms with Gasteiger partial charge in [-0.25, -0.2) is 9.48 Å². The van der Waals surface area contributed by atoms with Crippen LogP contribution in [-0.2, 0) is 33.1 Å². The summed E-state index contributed by atoms with van der Waals surface area (Å²) in [7, 11) is 3.65. The van der Waals surface area contributed by atoms with Gasteiger partial charge in [-0.05, 0) is 25.3 Å². The fourth-order valence-electron chi connectivity index (χ4n) is 3.00. The molecule has 0 amide bonds. The van der Waals surface area contributed by atoms with Gasteiger partial charge in [-0.15, -0.1) is 0 Å². The number of aryl methyl sites for hydroxylation is 3. The summed E-state index contributed by atoms with van der Waals surface area (Å²) in [5.74, 6) is 1.66. The molecular formula is C16H26N8O. The second-order valence-corrected chi connectivity index (χ2v) is 6.18. The number of hydrogen-bond acceptors (Lipinski definition) is 4. The Morgan fingerprint density at radius 2 is 2.24 bits per heavy atom. The van der Waals surface area contributed by atoms with E-state index in [2.05, 4.69) is 25.8 Å². The quantitative estimate of drug-likeness (QED) is 0.432. The van der Waals surface area contributed by atoms with Crippen LogP contribution in [0.4, 0.5) is 0 Å². The van der Waals surface area contributed by atoms with Crippen molar-refractivity contribution in [1.29, 1.82) is 0 Å². The Bertz CT molecular complexity index is 784. The summed E-state index contributed by atoms with van der Waals surface area (Å²) in [6, 6.07) is 1.97. The summed E-state index contributed by atoms with van der Waals surface area (Å²) in [5.41, 5.74) is 1.10. The molecule has 0 bridgehead atoms. The predicted octanol–water partition coefficient (Wildman–Crippen LogP) is -0.130. The summed E-state index contributed by atoms with van der Waals surface area (Å²) >= 11 is 0. The van der Waals surface area contributed by atoms with Crippen LogP contribution >= 0.6 is 0 Å². The van der Waals surface area contributed by atoms with Crippen molar-refractivity contribution in [2.75, 3.05) is 13.6 Å². The maximum absolute atomic E-state index is 12.3. The van der Waals surface area contributed by atoms with Crippen LogP contribution in [0.25, 0.3) is 0 Å². The van der Waals surface area contributed by atoms with Crippen molar-refractivity contribution in [3.8, 4) is 0 Å². The summed E-state index contributed by atoms with van der Waals surface area (Å²) in [6.45, 7) is 2.80. The van der Waals surface area contributed by atoms with Crippen molar-refractivity contribution in [2.45, 2.75) is 45.3 Å². The molecule has 2 aromatic rings. The highest BCUT2D eigenvalue weighted by Crippen LogP contribution is 2.09. The van der Waals surface area contributed by atoms with Gasteiger partial charge in [0, 0.05) is 46.3 Å². The Morgan fingerprint density at radius 3 is 2.96 bits per heavy atom. The molecule has 0 radical (unpaired) electrons. The fourth-order valence-corrected chi connectivity index (χ4v) is 3.00. The number of nitrogens with one attached hydrogen (secondary N) is 2. The molecule has 1 aliphatic heterocycles. The lowest BCUT2D eigenvalue weighted by Gasteiger charge is -2.11. The van der Waals surface area contributed by atoms with Gasteiger partial charge in [-0.3, -0.25) is 14.2 Å². The van der Waals surface area contributed by atoms with Crippen LogP contribution in [0.2, 0.25) is 0 Å². The van der Waals surface area contributed by atoms with Crippen molar-refractivity contribution in [3.05, 3.63) is 34.3 Å². The average Bonchev–Trinajstić information content (AvgIpc) is 3.18. The second kappa shape index (κ2) is 8.00. The zero-order valence-electron chi connectivity index (χ0n) is 14.9. The number of aromatic nitrogens is 5. The van der Waals surface area contributed by atoms with Crippen molar-refractivity contribution < 1.29 is 0 Å². The third-order valence-corrected chi connectivity index (χ3v) is 4.45. The van der Waals surface area contributed by atoms with E-state index in [1.165, 1.54) is 0 Å². The first-order chi connectivity index (χ1) is 12.2. The molecule has 0 aromatic carbocycles. The first kappa shape index (κ1) is 17.2. The van der Waals surface area contributed by atoms with Gasteiger partial charge >= 0.3 is 5.69 Å². The summed E-state index contributed by atoms with van der Waals surface area (Å²) in [6.07, 6.45) is 5.68. The van der Waals surface area contributed by atoms with Gasteiger partial charge in [-0.2, -0.15) is 10.2 Å². The van der Waals surface area contributed by atoms with Crippen LogP contribution in [0.1, 0.15) is 30.8 Å². The third-order valence-electron chi connectivity index (χ3n) is 4.45. The van der Waals surface area contributed by atoms with Gasteiger partial charge < -0.3 is 10.6 Å². The lowest BCUT2D eigenvalue weighted by molar-refractivity contribution is 0.509. The molecule has 0 saturated heterocycles. The number of guanidine groups is 1. The van der Waals surface area contributed by atoms with Crippen LogP contribution in [0.5, 0.6) is 0 Å². The minimum absolute atomic E-state index is 0.0217. The van der Waals surface area contributed by atoms with Crippen molar-refractivity contribution in [2.24, 2.45) is 12.0 Å². The highest BCUT2D eigenvalue weighted by Gasteiger charge is 2.16. The zero-order valence-corrected chi connectivity index (χ0v) is 14.9. The van der Waals surface area contributed by atoms with Crippen molar-refractivity contribution in [1.82, 2.24) is 34.8 Å². The average molecular weight is 346 g/mol. The van der Waals surface area contributed by atoms with Crippen LogP contribution < -0.4 is 16.3 Å². The largest absolute Gasteiger partial charge is 0.356 e. The van der Waals surface area contributed by atoms with Gasteiger partial charge in [0.05, 0.1) is 12.2 Å². The molecular weight excluding hydrogens is 320 g/mol. The Morgan fingerprint density at radius 1 is 1.36 bits per heavy atom. The van der Waals surface area contributed by atoms with Gasteiger partial charge in [0.2, 0.25) is 0 Å². The summed E-state index contributed by atoms with van der Waals surface area (Å²) in [4.78, 5) is 16.5. The van der Waals surface area contributed by atoms with Gasteiger partial charge in [0.1, 0.15) is 5.82 Å². The van der Waals surface area contributed by atoms with Crippen LogP contribution in [-0.4, -0.2) is 43.7 Å². The van der Waals surface area contributed by atoms with Gasteiger partial charge in [0.15, 0.2) is 5.96 Å². The molecule has 0 atom stereocenters. The molecule has 25 heavy (non-hydrogen) atoms. The van der Waals surface area contributed by atoms with Gasteiger partial charge in [-0.1, -0.05) is 0 Å². The minimum atomic E-state index is 0.0217.